The molecule has 0 aliphatic carbocycles. The number of nitrogens with two attached hydrogens (primary N) is 1. The van der Waals surface area contributed by atoms with Crippen molar-refractivity contribution in [1.29, 1.82) is 0 Å². The monoisotopic (exact) mass is 265 g/mol. The first-order valence-corrected chi connectivity index (χ1v) is 5.57. The number of halogens is 1. The van der Waals surface area contributed by atoms with Crippen molar-refractivity contribution < 1.29 is 4.42 Å². The molecule has 1 atom stereocenters. The van der Waals surface area contributed by atoms with Crippen molar-refractivity contribution in [3.8, 4) is 0 Å². The van der Waals surface area contributed by atoms with E-state index in [0.29, 0.717) is 0 Å². The third-order valence-electron chi connectivity index (χ3n) is 2.32. The van der Waals surface area contributed by atoms with Crippen LogP contribution in [0, 0.1) is 0 Å². The molecule has 0 spiro atoms. The van der Waals surface area contributed by atoms with Gasteiger partial charge in [0, 0.05) is 16.1 Å². The molecule has 0 radical (unpaired) electrons. The number of furan rings is 1. The van der Waals surface area contributed by atoms with E-state index < -0.39 is 0 Å². The maximum Gasteiger partial charge on any atom is 0.0950 e. The molecule has 1 aromatic heterocycles. The summed E-state index contributed by atoms with van der Waals surface area (Å²) in [7, 11) is 0. The minimum atomic E-state index is -0.00181. The molecule has 78 valence electrons. The van der Waals surface area contributed by atoms with E-state index in [0.717, 1.165) is 16.5 Å². The van der Waals surface area contributed by atoms with Gasteiger partial charge in [0.1, 0.15) is 0 Å². The van der Waals surface area contributed by atoms with Crippen LogP contribution < -0.4 is 5.73 Å². The Balaban J connectivity index is 2.09. The summed E-state index contributed by atoms with van der Waals surface area (Å²) in [6.45, 7) is 0. The summed E-state index contributed by atoms with van der Waals surface area (Å²) in [5.41, 5.74) is 8.30. The predicted octanol–water partition coefficient (Wildman–Crippen LogP) is 3.28. The quantitative estimate of drug-likeness (QED) is 0.925. The third kappa shape index (κ3) is 2.70. The van der Waals surface area contributed by atoms with E-state index in [9.17, 15) is 0 Å². The summed E-state index contributed by atoms with van der Waals surface area (Å²) in [6.07, 6.45) is 4.16. The molecule has 1 aromatic carbocycles. The van der Waals surface area contributed by atoms with Gasteiger partial charge in [-0.15, -0.1) is 0 Å². The zero-order valence-electron chi connectivity index (χ0n) is 8.19. The molecule has 0 aliphatic heterocycles. The Morgan fingerprint density at radius 1 is 1.33 bits per heavy atom. The molecule has 0 saturated heterocycles. The fourth-order valence-corrected chi connectivity index (χ4v) is 1.97. The van der Waals surface area contributed by atoms with E-state index in [1.807, 2.05) is 18.2 Å². The van der Waals surface area contributed by atoms with E-state index >= 15 is 0 Å². The Morgan fingerprint density at radius 2 is 2.20 bits per heavy atom. The van der Waals surface area contributed by atoms with Crippen LogP contribution in [-0.4, -0.2) is 0 Å². The van der Waals surface area contributed by atoms with Crippen LogP contribution in [0.15, 0.2) is 51.7 Å². The summed E-state index contributed by atoms with van der Waals surface area (Å²) < 4.78 is 6.09. The van der Waals surface area contributed by atoms with Gasteiger partial charge in [-0.1, -0.05) is 28.1 Å². The van der Waals surface area contributed by atoms with Crippen LogP contribution in [0.3, 0.4) is 0 Å². The van der Waals surface area contributed by atoms with Crippen LogP contribution in [0.25, 0.3) is 0 Å². The fourth-order valence-electron chi connectivity index (χ4n) is 1.52. The summed E-state index contributed by atoms with van der Waals surface area (Å²) in [5, 5.41) is 0. The Kier molecular flexibility index (Phi) is 3.23. The highest BCUT2D eigenvalue weighted by Crippen LogP contribution is 2.18. The molecular weight excluding hydrogens is 254 g/mol. The van der Waals surface area contributed by atoms with Gasteiger partial charge in [0.25, 0.3) is 0 Å². The van der Waals surface area contributed by atoms with Crippen molar-refractivity contribution in [2.45, 2.75) is 12.5 Å². The van der Waals surface area contributed by atoms with Gasteiger partial charge in [0.15, 0.2) is 0 Å². The molecule has 2 nitrogen and oxygen atoms in total. The minimum absolute atomic E-state index is 0.00181. The third-order valence-corrected chi connectivity index (χ3v) is 2.81. The van der Waals surface area contributed by atoms with Crippen LogP contribution in [0.1, 0.15) is 17.2 Å². The van der Waals surface area contributed by atoms with Gasteiger partial charge in [-0.05, 0) is 30.2 Å². The average Bonchev–Trinajstić information content (AvgIpc) is 2.70. The van der Waals surface area contributed by atoms with Crippen LogP contribution in [0.4, 0.5) is 0 Å². The van der Waals surface area contributed by atoms with Crippen molar-refractivity contribution in [3.63, 3.8) is 0 Å². The molecule has 3 heteroatoms. The molecule has 2 aromatic rings. The summed E-state index contributed by atoms with van der Waals surface area (Å²) >= 11 is 3.44. The maximum atomic E-state index is 6.05. The molecule has 0 bridgehead atoms. The predicted molar refractivity (Wildman–Crippen MR) is 63.5 cm³/mol. The second kappa shape index (κ2) is 4.64. The van der Waals surface area contributed by atoms with E-state index in [-0.39, 0.29) is 6.04 Å². The zero-order valence-corrected chi connectivity index (χ0v) is 9.78. The Bertz CT molecular complexity index is 425. The molecule has 15 heavy (non-hydrogen) atoms. The van der Waals surface area contributed by atoms with Gasteiger partial charge in [-0.3, -0.25) is 0 Å². The topological polar surface area (TPSA) is 39.2 Å². The van der Waals surface area contributed by atoms with E-state index in [1.54, 1.807) is 12.5 Å². The smallest absolute Gasteiger partial charge is 0.0950 e. The number of hydrogen-bond acceptors (Lipinski definition) is 2. The molecule has 0 amide bonds. The van der Waals surface area contributed by atoms with Gasteiger partial charge in [-0.25, -0.2) is 0 Å². The van der Waals surface area contributed by atoms with Crippen molar-refractivity contribution in [2.75, 3.05) is 0 Å². The van der Waals surface area contributed by atoms with E-state index in [2.05, 4.69) is 28.1 Å². The number of benzene rings is 1. The van der Waals surface area contributed by atoms with Crippen molar-refractivity contribution in [1.82, 2.24) is 0 Å². The summed E-state index contributed by atoms with van der Waals surface area (Å²) in [4.78, 5) is 0. The summed E-state index contributed by atoms with van der Waals surface area (Å²) in [6, 6.07) is 10.1. The molecule has 1 unspecified atom stereocenters. The van der Waals surface area contributed by atoms with Crippen molar-refractivity contribution in [3.05, 3.63) is 58.5 Å². The van der Waals surface area contributed by atoms with E-state index in [4.69, 9.17) is 10.2 Å². The lowest BCUT2D eigenvalue weighted by Gasteiger charge is -2.09. The Labute approximate surface area is 97.2 Å². The minimum Gasteiger partial charge on any atom is -0.472 e. The lowest BCUT2D eigenvalue weighted by molar-refractivity contribution is 0.558. The lowest BCUT2D eigenvalue weighted by atomic mass is 10.0. The normalized spacial score (nSPS) is 12.7. The van der Waals surface area contributed by atoms with Crippen molar-refractivity contribution >= 4 is 15.9 Å². The first-order chi connectivity index (χ1) is 7.25. The average molecular weight is 266 g/mol. The highest BCUT2D eigenvalue weighted by atomic mass is 79.9. The second-order valence-electron chi connectivity index (χ2n) is 3.50. The lowest BCUT2D eigenvalue weighted by Crippen LogP contribution is -2.12. The summed E-state index contributed by atoms with van der Waals surface area (Å²) in [5.74, 6) is 0. The van der Waals surface area contributed by atoms with Gasteiger partial charge in [0.2, 0.25) is 0 Å². The van der Waals surface area contributed by atoms with Gasteiger partial charge in [0.05, 0.1) is 12.5 Å². The Hall–Kier alpha value is -1.06. The maximum absolute atomic E-state index is 6.05. The van der Waals surface area contributed by atoms with Crippen LogP contribution in [0.5, 0.6) is 0 Å². The van der Waals surface area contributed by atoms with Gasteiger partial charge < -0.3 is 10.2 Å². The molecular formula is C12H12BrNO. The Morgan fingerprint density at radius 3 is 2.87 bits per heavy atom. The molecule has 2 rings (SSSR count). The first-order valence-electron chi connectivity index (χ1n) is 4.78. The fraction of sp³-hybridized carbons (Fsp3) is 0.167. The molecule has 1 heterocycles. The molecule has 0 aliphatic rings. The first kappa shape index (κ1) is 10.5. The van der Waals surface area contributed by atoms with Crippen molar-refractivity contribution in [2.24, 2.45) is 5.73 Å². The van der Waals surface area contributed by atoms with Crippen LogP contribution >= 0.6 is 15.9 Å². The SMILES string of the molecule is NC(Cc1cccc(Br)c1)c1ccoc1. The highest BCUT2D eigenvalue weighted by molar-refractivity contribution is 9.10. The molecule has 0 fully saturated rings. The number of rotatable bonds is 3. The van der Waals surface area contributed by atoms with Crippen LogP contribution in [0.2, 0.25) is 0 Å². The standard InChI is InChI=1S/C12H12BrNO/c13-11-3-1-2-9(6-11)7-12(14)10-4-5-15-8-10/h1-6,8,12H,7,14H2. The molecule has 2 N–H and O–H groups in total. The van der Waals surface area contributed by atoms with E-state index in [1.165, 1.54) is 5.56 Å². The van der Waals surface area contributed by atoms with Gasteiger partial charge in [-0.2, -0.15) is 0 Å². The number of hydrogen-bond donors (Lipinski definition) is 1. The highest BCUT2D eigenvalue weighted by Gasteiger charge is 2.08. The van der Waals surface area contributed by atoms with Gasteiger partial charge >= 0.3 is 0 Å². The van der Waals surface area contributed by atoms with Crippen LogP contribution in [-0.2, 0) is 6.42 Å². The second-order valence-corrected chi connectivity index (χ2v) is 4.41. The zero-order chi connectivity index (χ0) is 10.7. The molecule has 0 saturated carbocycles. The largest absolute Gasteiger partial charge is 0.472 e.